The Balaban J connectivity index is 1.95. The van der Waals surface area contributed by atoms with E-state index in [0.717, 1.165) is 12.8 Å². The molecule has 6 heteroatoms. The summed E-state index contributed by atoms with van der Waals surface area (Å²) in [6.45, 7) is 0.0947. The predicted octanol–water partition coefficient (Wildman–Crippen LogP) is 0.559. The number of carbonyl (C=O) groups excluding carboxylic acids is 2. The fourth-order valence-corrected chi connectivity index (χ4v) is 1.49. The van der Waals surface area contributed by atoms with Gasteiger partial charge in [-0.25, -0.2) is 9.78 Å². The van der Waals surface area contributed by atoms with Crippen LogP contribution in [0.2, 0.25) is 0 Å². The summed E-state index contributed by atoms with van der Waals surface area (Å²) in [6, 6.07) is 3.56. The first kappa shape index (κ1) is 12.3. The average Bonchev–Trinajstić information content (AvgIpc) is 3.19. The summed E-state index contributed by atoms with van der Waals surface area (Å²) in [5.74, 6) is -0.220. The number of anilines is 1. The van der Waals surface area contributed by atoms with Crippen LogP contribution in [0.4, 0.5) is 5.82 Å². The number of nitrogens with zero attached hydrogens (tertiary/aromatic N) is 1. The van der Waals surface area contributed by atoms with Crippen LogP contribution in [0.3, 0.4) is 0 Å². The van der Waals surface area contributed by atoms with Gasteiger partial charge >= 0.3 is 5.97 Å². The molecule has 1 aromatic heterocycles. The molecule has 1 aliphatic rings. The van der Waals surface area contributed by atoms with Gasteiger partial charge in [0.1, 0.15) is 11.4 Å². The Bertz CT molecular complexity index is 458. The molecule has 0 spiro atoms. The number of carbonyl (C=O) groups is 2. The van der Waals surface area contributed by atoms with Crippen molar-refractivity contribution in [1.29, 1.82) is 0 Å². The molecule has 96 valence electrons. The zero-order chi connectivity index (χ0) is 13.0. The highest BCUT2D eigenvalue weighted by molar-refractivity contribution is 5.95. The molecule has 6 nitrogen and oxygen atoms in total. The number of pyridine rings is 1. The van der Waals surface area contributed by atoms with E-state index in [1.165, 1.54) is 7.11 Å². The second kappa shape index (κ2) is 5.48. The van der Waals surface area contributed by atoms with E-state index in [1.54, 1.807) is 18.3 Å². The highest BCUT2D eigenvalue weighted by Crippen LogP contribution is 2.18. The lowest BCUT2D eigenvalue weighted by molar-refractivity contribution is -0.119. The number of ether oxygens (including phenoxy) is 1. The minimum atomic E-state index is -0.479. The SMILES string of the molecule is COC(=O)c1cccnc1NCC(=O)NC1CC1. The number of hydrogen-bond acceptors (Lipinski definition) is 5. The lowest BCUT2D eigenvalue weighted by Crippen LogP contribution is -2.31. The second-order valence-corrected chi connectivity index (χ2v) is 4.09. The van der Waals surface area contributed by atoms with E-state index in [1.807, 2.05) is 0 Å². The number of aromatic nitrogens is 1. The number of methoxy groups -OCH3 is 1. The highest BCUT2D eigenvalue weighted by atomic mass is 16.5. The molecule has 0 aromatic carbocycles. The van der Waals surface area contributed by atoms with Crippen LogP contribution in [-0.2, 0) is 9.53 Å². The third kappa shape index (κ3) is 3.19. The van der Waals surface area contributed by atoms with Gasteiger partial charge in [0.25, 0.3) is 0 Å². The van der Waals surface area contributed by atoms with E-state index >= 15 is 0 Å². The second-order valence-electron chi connectivity index (χ2n) is 4.09. The molecule has 1 fully saturated rings. The summed E-state index contributed by atoms with van der Waals surface area (Å²) in [5.41, 5.74) is 0.319. The van der Waals surface area contributed by atoms with Gasteiger partial charge in [0.2, 0.25) is 5.91 Å². The third-order valence-corrected chi connectivity index (χ3v) is 2.57. The molecule has 1 aliphatic carbocycles. The first-order valence-corrected chi connectivity index (χ1v) is 5.77. The number of hydrogen-bond donors (Lipinski definition) is 2. The Kier molecular flexibility index (Phi) is 3.76. The molecule has 1 amide bonds. The monoisotopic (exact) mass is 249 g/mol. The molecule has 0 bridgehead atoms. The fraction of sp³-hybridized carbons (Fsp3) is 0.417. The largest absolute Gasteiger partial charge is 0.465 e. The topological polar surface area (TPSA) is 80.3 Å². The number of esters is 1. The van der Waals surface area contributed by atoms with Crippen molar-refractivity contribution in [2.24, 2.45) is 0 Å². The Morgan fingerprint density at radius 2 is 2.28 bits per heavy atom. The summed E-state index contributed by atoms with van der Waals surface area (Å²) in [6.07, 6.45) is 3.64. The van der Waals surface area contributed by atoms with Crippen LogP contribution in [0.5, 0.6) is 0 Å². The van der Waals surface area contributed by atoms with Crippen molar-refractivity contribution in [3.05, 3.63) is 23.9 Å². The van der Waals surface area contributed by atoms with E-state index in [4.69, 9.17) is 0 Å². The van der Waals surface area contributed by atoms with Crippen LogP contribution in [0.1, 0.15) is 23.2 Å². The van der Waals surface area contributed by atoms with Crippen LogP contribution in [0, 0.1) is 0 Å². The molecular weight excluding hydrogens is 234 g/mol. The van der Waals surface area contributed by atoms with E-state index in [9.17, 15) is 9.59 Å². The zero-order valence-electron chi connectivity index (χ0n) is 10.1. The van der Waals surface area contributed by atoms with Crippen molar-refractivity contribution in [2.45, 2.75) is 18.9 Å². The highest BCUT2D eigenvalue weighted by Gasteiger charge is 2.23. The first-order valence-electron chi connectivity index (χ1n) is 5.77. The van der Waals surface area contributed by atoms with Gasteiger partial charge in [-0.1, -0.05) is 0 Å². The molecule has 1 heterocycles. The number of rotatable bonds is 5. The van der Waals surface area contributed by atoms with E-state index < -0.39 is 5.97 Å². The lowest BCUT2D eigenvalue weighted by atomic mass is 10.2. The normalized spacial score (nSPS) is 13.8. The third-order valence-electron chi connectivity index (χ3n) is 2.57. The summed E-state index contributed by atoms with van der Waals surface area (Å²) in [4.78, 5) is 27.0. The van der Waals surface area contributed by atoms with Crippen molar-refractivity contribution in [1.82, 2.24) is 10.3 Å². The van der Waals surface area contributed by atoms with Crippen LogP contribution in [-0.4, -0.2) is 36.6 Å². The summed E-state index contributed by atoms with van der Waals surface area (Å²) < 4.78 is 4.64. The van der Waals surface area contributed by atoms with E-state index in [0.29, 0.717) is 17.4 Å². The van der Waals surface area contributed by atoms with Gasteiger partial charge in [-0.15, -0.1) is 0 Å². The predicted molar refractivity (Wildman–Crippen MR) is 65.2 cm³/mol. The quantitative estimate of drug-likeness (QED) is 0.745. The standard InChI is InChI=1S/C12H15N3O3/c1-18-12(17)9-3-2-6-13-11(9)14-7-10(16)15-8-4-5-8/h2-3,6,8H,4-5,7H2,1H3,(H,13,14)(H,15,16). The van der Waals surface area contributed by atoms with Gasteiger partial charge in [0, 0.05) is 12.2 Å². The molecular formula is C12H15N3O3. The molecule has 0 aliphatic heterocycles. The summed E-state index contributed by atoms with van der Waals surface area (Å²) >= 11 is 0. The minimum absolute atomic E-state index is 0.0947. The zero-order valence-corrected chi connectivity index (χ0v) is 10.1. The molecule has 0 unspecified atom stereocenters. The molecule has 1 saturated carbocycles. The Labute approximate surface area is 105 Å². The van der Waals surface area contributed by atoms with Crippen LogP contribution < -0.4 is 10.6 Å². The smallest absolute Gasteiger partial charge is 0.341 e. The number of nitrogens with one attached hydrogen (secondary N) is 2. The van der Waals surface area contributed by atoms with Gasteiger partial charge in [-0.3, -0.25) is 4.79 Å². The molecule has 0 radical (unpaired) electrons. The van der Waals surface area contributed by atoms with Crippen LogP contribution in [0.15, 0.2) is 18.3 Å². The molecule has 18 heavy (non-hydrogen) atoms. The van der Waals surface area contributed by atoms with Crippen LogP contribution in [0.25, 0.3) is 0 Å². The number of amides is 1. The average molecular weight is 249 g/mol. The summed E-state index contributed by atoms with van der Waals surface area (Å²) in [5, 5.41) is 5.68. The Morgan fingerprint density at radius 3 is 2.94 bits per heavy atom. The van der Waals surface area contributed by atoms with Crippen molar-refractivity contribution >= 4 is 17.7 Å². The maximum Gasteiger partial charge on any atom is 0.341 e. The van der Waals surface area contributed by atoms with Gasteiger partial charge in [0.15, 0.2) is 0 Å². The molecule has 2 N–H and O–H groups in total. The lowest BCUT2D eigenvalue weighted by Gasteiger charge is -2.09. The van der Waals surface area contributed by atoms with E-state index in [-0.39, 0.29) is 12.5 Å². The van der Waals surface area contributed by atoms with Gasteiger partial charge in [-0.05, 0) is 25.0 Å². The summed E-state index contributed by atoms with van der Waals surface area (Å²) in [7, 11) is 1.30. The van der Waals surface area contributed by atoms with Crippen molar-refractivity contribution < 1.29 is 14.3 Å². The van der Waals surface area contributed by atoms with Crippen molar-refractivity contribution in [2.75, 3.05) is 19.0 Å². The minimum Gasteiger partial charge on any atom is -0.465 e. The van der Waals surface area contributed by atoms with Crippen molar-refractivity contribution in [3.63, 3.8) is 0 Å². The van der Waals surface area contributed by atoms with Gasteiger partial charge < -0.3 is 15.4 Å². The molecule has 0 atom stereocenters. The maximum absolute atomic E-state index is 11.5. The molecule has 1 aromatic rings. The van der Waals surface area contributed by atoms with Gasteiger partial charge in [-0.2, -0.15) is 0 Å². The first-order chi connectivity index (χ1) is 8.70. The Hall–Kier alpha value is -2.11. The fourth-order valence-electron chi connectivity index (χ4n) is 1.49. The van der Waals surface area contributed by atoms with E-state index in [2.05, 4.69) is 20.4 Å². The van der Waals surface area contributed by atoms with Gasteiger partial charge in [0.05, 0.1) is 13.7 Å². The Morgan fingerprint density at radius 1 is 1.50 bits per heavy atom. The van der Waals surface area contributed by atoms with Crippen molar-refractivity contribution in [3.8, 4) is 0 Å². The maximum atomic E-state index is 11.5. The van der Waals surface area contributed by atoms with Crippen LogP contribution >= 0.6 is 0 Å². The molecule has 0 saturated heterocycles. The molecule has 2 rings (SSSR count).